The van der Waals surface area contributed by atoms with Gasteiger partial charge in [0.15, 0.2) is 0 Å². The Morgan fingerprint density at radius 1 is 1.20 bits per heavy atom. The van der Waals surface area contributed by atoms with Crippen LogP contribution in [0.25, 0.3) is 0 Å². The molecule has 88 valence electrons. The first-order valence-corrected chi connectivity index (χ1v) is 5.83. The minimum atomic E-state index is -0.205. The second-order valence-electron chi connectivity index (χ2n) is 3.54. The topological polar surface area (TPSA) is 29.5 Å². The molecule has 1 unspecified atom stereocenters. The maximum Gasteiger partial charge on any atom is 0.0647 e. The number of hydrogen-bond acceptors (Lipinski definition) is 2. The number of aliphatic hydroxyl groups is 1. The van der Waals surface area contributed by atoms with Crippen LogP contribution in [0.15, 0.2) is 24.3 Å². The summed E-state index contributed by atoms with van der Waals surface area (Å²) in [4.78, 5) is 0. The Kier molecular flexibility index (Phi) is 11.0. The minimum Gasteiger partial charge on any atom is -0.393 e. The van der Waals surface area contributed by atoms with Crippen LogP contribution in [-0.4, -0.2) is 24.4 Å². The van der Waals surface area contributed by atoms with E-state index in [2.05, 4.69) is 18.2 Å². The van der Waals surface area contributed by atoms with E-state index in [9.17, 15) is 5.11 Å². The molecule has 15 heavy (non-hydrogen) atoms. The second kappa shape index (κ2) is 11.5. The normalized spacial score (nSPS) is 14.1. The Morgan fingerprint density at radius 2 is 1.93 bits per heavy atom. The van der Waals surface area contributed by atoms with Gasteiger partial charge in [-0.25, -0.2) is 0 Å². The molecule has 0 radical (unpaired) electrons. The van der Waals surface area contributed by atoms with Gasteiger partial charge in [0.05, 0.1) is 12.7 Å². The minimum absolute atomic E-state index is 0.205. The summed E-state index contributed by atoms with van der Waals surface area (Å²) in [6, 6.07) is 0. The van der Waals surface area contributed by atoms with E-state index in [0.29, 0.717) is 13.2 Å². The van der Waals surface area contributed by atoms with Crippen LogP contribution in [-0.2, 0) is 4.74 Å². The number of ether oxygens (including phenoxy) is 1. The van der Waals surface area contributed by atoms with Gasteiger partial charge in [-0.05, 0) is 32.6 Å². The van der Waals surface area contributed by atoms with Crippen LogP contribution in [0.2, 0.25) is 0 Å². The van der Waals surface area contributed by atoms with E-state index in [-0.39, 0.29) is 6.10 Å². The molecule has 0 amide bonds. The Labute approximate surface area is 93.6 Å². The average molecular weight is 212 g/mol. The molecule has 0 aliphatic heterocycles. The molecule has 1 atom stereocenters. The fraction of sp³-hybridized carbons (Fsp3) is 0.692. The maximum absolute atomic E-state index is 9.25. The van der Waals surface area contributed by atoms with E-state index in [1.165, 1.54) is 0 Å². The smallest absolute Gasteiger partial charge is 0.0647 e. The monoisotopic (exact) mass is 212 g/mol. The number of rotatable bonds is 9. The summed E-state index contributed by atoms with van der Waals surface area (Å²) in [5.41, 5.74) is 0. The third-order valence-corrected chi connectivity index (χ3v) is 2.18. The highest BCUT2D eigenvalue weighted by molar-refractivity contribution is 4.86. The lowest BCUT2D eigenvalue weighted by Crippen LogP contribution is -2.08. The first-order valence-electron chi connectivity index (χ1n) is 5.83. The molecular formula is C13H24O2. The molecule has 0 rings (SSSR count). The first-order chi connectivity index (χ1) is 7.31. The zero-order chi connectivity index (χ0) is 11.4. The van der Waals surface area contributed by atoms with Crippen molar-refractivity contribution in [2.24, 2.45) is 0 Å². The molecule has 0 aromatic carbocycles. The van der Waals surface area contributed by atoms with Crippen LogP contribution in [0, 0.1) is 0 Å². The van der Waals surface area contributed by atoms with E-state index >= 15 is 0 Å². The van der Waals surface area contributed by atoms with E-state index in [0.717, 1.165) is 25.7 Å². The van der Waals surface area contributed by atoms with E-state index in [1.807, 2.05) is 19.9 Å². The lowest BCUT2D eigenvalue weighted by Gasteiger charge is -2.06. The van der Waals surface area contributed by atoms with Gasteiger partial charge < -0.3 is 9.84 Å². The number of unbranched alkanes of at least 4 members (excludes halogenated alkanes) is 1. The Morgan fingerprint density at radius 3 is 2.60 bits per heavy atom. The lowest BCUT2D eigenvalue weighted by atomic mass is 10.2. The van der Waals surface area contributed by atoms with E-state index < -0.39 is 0 Å². The molecule has 1 N–H and O–H groups in total. The molecule has 0 fully saturated rings. The predicted molar refractivity (Wildman–Crippen MR) is 64.9 cm³/mol. The van der Waals surface area contributed by atoms with Crippen molar-refractivity contribution in [1.82, 2.24) is 0 Å². The summed E-state index contributed by atoms with van der Waals surface area (Å²) in [5.74, 6) is 0. The van der Waals surface area contributed by atoms with Gasteiger partial charge in [-0.3, -0.25) is 0 Å². The van der Waals surface area contributed by atoms with Gasteiger partial charge in [0.1, 0.15) is 0 Å². The van der Waals surface area contributed by atoms with Crippen molar-refractivity contribution in [3.05, 3.63) is 24.3 Å². The highest BCUT2D eigenvalue weighted by Crippen LogP contribution is 1.97. The molecule has 0 bridgehead atoms. The standard InChI is InChI=1S/C13H24O2/c1-3-5-6-7-8-9-11-15-12-10-13(14)4-2/h3,5,8-9,13-14H,4,6-7,10-12H2,1-2H3. The molecular weight excluding hydrogens is 188 g/mol. The fourth-order valence-corrected chi connectivity index (χ4v) is 1.12. The SMILES string of the molecule is CC=CCCC=CCOCCC(O)CC. The van der Waals surface area contributed by atoms with Gasteiger partial charge >= 0.3 is 0 Å². The molecule has 0 saturated heterocycles. The maximum atomic E-state index is 9.25. The average Bonchev–Trinajstić information content (AvgIpc) is 2.26. The van der Waals surface area contributed by atoms with Gasteiger partial charge in [0.2, 0.25) is 0 Å². The Balaban J connectivity index is 3.16. The summed E-state index contributed by atoms with van der Waals surface area (Å²) in [6.45, 7) is 5.32. The van der Waals surface area contributed by atoms with Gasteiger partial charge in [0.25, 0.3) is 0 Å². The molecule has 2 nitrogen and oxygen atoms in total. The highest BCUT2D eigenvalue weighted by atomic mass is 16.5. The second-order valence-corrected chi connectivity index (χ2v) is 3.54. The number of aliphatic hydroxyl groups excluding tert-OH is 1. The molecule has 0 aliphatic carbocycles. The summed E-state index contributed by atoms with van der Waals surface area (Å²) in [6.07, 6.45) is 11.9. The molecule has 0 saturated carbocycles. The highest BCUT2D eigenvalue weighted by Gasteiger charge is 1.98. The van der Waals surface area contributed by atoms with Crippen LogP contribution in [0.5, 0.6) is 0 Å². The lowest BCUT2D eigenvalue weighted by molar-refractivity contribution is 0.0933. The molecule has 0 aliphatic rings. The van der Waals surface area contributed by atoms with Crippen LogP contribution in [0.1, 0.15) is 39.5 Å². The van der Waals surface area contributed by atoms with Gasteiger partial charge in [-0.15, -0.1) is 0 Å². The van der Waals surface area contributed by atoms with Gasteiger partial charge in [-0.2, -0.15) is 0 Å². The largest absolute Gasteiger partial charge is 0.393 e. The van der Waals surface area contributed by atoms with Crippen LogP contribution in [0.3, 0.4) is 0 Å². The first kappa shape index (κ1) is 14.4. The summed E-state index contributed by atoms with van der Waals surface area (Å²) >= 11 is 0. The summed E-state index contributed by atoms with van der Waals surface area (Å²) in [7, 11) is 0. The van der Waals surface area contributed by atoms with Crippen LogP contribution < -0.4 is 0 Å². The van der Waals surface area contributed by atoms with Crippen molar-refractivity contribution < 1.29 is 9.84 Å². The summed E-state index contributed by atoms with van der Waals surface area (Å²) < 4.78 is 5.35. The van der Waals surface area contributed by atoms with Gasteiger partial charge in [0, 0.05) is 6.61 Å². The molecule has 0 aromatic heterocycles. The zero-order valence-electron chi connectivity index (χ0n) is 9.98. The zero-order valence-corrected chi connectivity index (χ0v) is 9.98. The van der Waals surface area contributed by atoms with Crippen molar-refractivity contribution in [3.63, 3.8) is 0 Å². The third-order valence-electron chi connectivity index (χ3n) is 2.18. The van der Waals surface area contributed by atoms with Crippen molar-refractivity contribution in [3.8, 4) is 0 Å². The third kappa shape index (κ3) is 11.3. The molecule has 2 heteroatoms. The van der Waals surface area contributed by atoms with Gasteiger partial charge in [-0.1, -0.05) is 31.2 Å². The van der Waals surface area contributed by atoms with E-state index in [4.69, 9.17) is 4.74 Å². The van der Waals surface area contributed by atoms with Crippen LogP contribution >= 0.6 is 0 Å². The number of hydrogen-bond donors (Lipinski definition) is 1. The molecule has 0 aromatic rings. The van der Waals surface area contributed by atoms with E-state index in [1.54, 1.807) is 0 Å². The van der Waals surface area contributed by atoms with Crippen molar-refractivity contribution in [2.75, 3.05) is 13.2 Å². The van der Waals surface area contributed by atoms with Crippen molar-refractivity contribution in [1.29, 1.82) is 0 Å². The Bertz CT molecular complexity index is 173. The molecule has 0 heterocycles. The summed E-state index contributed by atoms with van der Waals surface area (Å²) in [5, 5.41) is 9.25. The predicted octanol–water partition coefficient (Wildman–Crippen LogP) is 3.08. The van der Waals surface area contributed by atoms with Crippen LogP contribution in [0.4, 0.5) is 0 Å². The fourth-order valence-electron chi connectivity index (χ4n) is 1.12. The Hall–Kier alpha value is -0.600. The molecule has 0 spiro atoms. The quantitative estimate of drug-likeness (QED) is 0.470. The number of allylic oxidation sites excluding steroid dienone is 3. The van der Waals surface area contributed by atoms with Crippen molar-refractivity contribution >= 4 is 0 Å². The van der Waals surface area contributed by atoms with Crippen molar-refractivity contribution in [2.45, 2.75) is 45.6 Å².